The van der Waals surface area contributed by atoms with Gasteiger partial charge in [-0.15, -0.1) is 0 Å². The van der Waals surface area contributed by atoms with Crippen molar-refractivity contribution in [3.8, 4) is 11.4 Å². The molecule has 182 valence electrons. The highest BCUT2D eigenvalue weighted by Crippen LogP contribution is 2.42. The van der Waals surface area contributed by atoms with Crippen LogP contribution in [0, 0.1) is 0 Å². The van der Waals surface area contributed by atoms with Crippen molar-refractivity contribution in [3.05, 3.63) is 108 Å². The largest absolute Gasteiger partial charge is 0.494 e. The number of ether oxygens (including phenoxy) is 2. The normalized spacial score (nSPS) is 17.1. The third-order valence-electron chi connectivity index (χ3n) is 6.18. The third kappa shape index (κ3) is 4.31. The van der Waals surface area contributed by atoms with E-state index in [2.05, 4.69) is 15.2 Å². The van der Waals surface area contributed by atoms with E-state index in [0.717, 1.165) is 28.5 Å². The van der Waals surface area contributed by atoms with E-state index in [1.807, 2.05) is 90.5 Å². The molecule has 7 nitrogen and oxygen atoms in total. The number of nitrogens with zero attached hydrogens (tertiary/aromatic N) is 3. The molecule has 0 unspecified atom stereocenters. The first-order valence-electron chi connectivity index (χ1n) is 11.7. The summed E-state index contributed by atoms with van der Waals surface area (Å²) in [6.07, 6.45) is 3.73. The smallest absolute Gasteiger partial charge is 0.339 e. The summed E-state index contributed by atoms with van der Waals surface area (Å²) in [4.78, 5) is 19.3. The molecular weight excluding hydrogens is 472 g/mol. The molecule has 1 aliphatic heterocycles. The summed E-state index contributed by atoms with van der Waals surface area (Å²) in [5.41, 5.74) is 3.95. The van der Waals surface area contributed by atoms with Crippen LogP contribution in [-0.4, -0.2) is 34.3 Å². The van der Waals surface area contributed by atoms with E-state index in [1.54, 1.807) is 12.3 Å². The first-order chi connectivity index (χ1) is 17.6. The molecule has 1 fully saturated rings. The number of esters is 1. The van der Waals surface area contributed by atoms with Crippen LogP contribution < -0.4 is 15.0 Å². The molecule has 2 aromatic heterocycles. The van der Waals surface area contributed by atoms with Crippen LogP contribution in [0.15, 0.2) is 91.3 Å². The molecule has 0 saturated carbocycles. The lowest BCUT2D eigenvalue weighted by atomic mass is 10.0. The molecule has 4 aromatic rings. The molecule has 1 N–H and O–H groups in total. The van der Waals surface area contributed by atoms with Crippen molar-refractivity contribution in [1.82, 2.24) is 14.9 Å². The average molecular weight is 499 g/mol. The Bertz CT molecular complexity index is 1370. The first kappa shape index (κ1) is 23.6. The SMILES string of the molecule is CCOc1ccc(N2C(=S)N[C@@H](c3ccccn3)[C@@H]2c2cccn2-c2ccccc2C(=O)OC)cc1. The van der Waals surface area contributed by atoms with E-state index < -0.39 is 5.97 Å². The average Bonchev–Trinajstić information content (AvgIpc) is 3.53. The predicted octanol–water partition coefficient (Wildman–Crippen LogP) is 5.23. The molecule has 8 heteroatoms. The molecule has 5 rings (SSSR count). The summed E-state index contributed by atoms with van der Waals surface area (Å²) in [5.74, 6) is 0.405. The summed E-state index contributed by atoms with van der Waals surface area (Å²) in [7, 11) is 1.39. The molecule has 2 aromatic carbocycles. The summed E-state index contributed by atoms with van der Waals surface area (Å²) in [5, 5.41) is 4.07. The van der Waals surface area contributed by atoms with Crippen molar-refractivity contribution in [2.24, 2.45) is 0 Å². The van der Waals surface area contributed by atoms with Crippen LogP contribution in [-0.2, 0) is 4.74 Å². The Morgan fingerprint density at radius 3 is 2.53 bits per heavy atom. The van der Waals surface area contributed by atoms with Crippen LogP contribution in [0.3, 0.4) is 0 Å². The third-order valence-corrected chi connectivity index (χ3v) is 6.49. The molecular formula is C28H26N4O3S. The maximum absolute atomic E-state index is 12.6. The Morgan fingerprint density at radius 2 is 1.81 bits per heavy atom. The molecule has 0 radical (unpaired) electrons. The zero-order chi connectivity index (χ0) is 25.1. The zero-order valence-electron chi connectivity index (χ0n) is 20.0. The van der Waals surface area contributed by atoms with Crippen LogP contribution >= 0.6 is 12.2 Å². The molecule has 0 aliphatic carbocycles. The highest BCUT2D eigenvalue weighted by atomic mass is 32.1. The van der Waals surface area contributed by atoms with Gasteiger partial charge in [0.2, 0.25) is 0 Å². The maximum atomic E-state index is 12.6. The van der Waals surface area contributed by atoms with Gasteiger partial charge in [0.1, 0.15) is 11.8 Å². The second-order valence-electron chi connectivity index (χ2n) is 8.24. The van der Waals surface area contributed by atoms with Gasteiger partial charge >= 0.3 is 5.97 Å². The topological polar surface area (TPSA) is 68.6 Å². The van der Waals surface area contributed by atoms with Crippen molar-refractivity contribution in [2.45, 2.75) is 19.0 Å². The molecule has 0 spiro atoms. The summed E-state index contributed by atoms with van der Waals surface area (Å²) >= 11 is 5.85. The van der Waals surface area contributed by atoms with Crippen molar-refractivity contribution >= 4 is 29.0 Å². The molecule has 0 amide bonds. The summed E-state index contributed by atoms with van der Waals surface area (Å²) < 4.78 is 12.7. The minimum Gasteiger partial charge on any atom is -0.494 e. The van der Waals surface area contributed by atoms with Gasteiger partial charge in [0.15, 0.2) is 5.11 Å². The Morgan fingerprint density at radius 1 is 1.03 bits per heavy atom. The Hall–Kier alpha value is -4.17. The fourth-order valence-electron chi connectivity index (χ4n) is 4.62. The van der Waals surface area contributed by atoms with Crippen molar-refractivity contribution < 1.29 is 14.3 Å². The molecule has 36 heavy (non-hydrogen) atoms. The van der Waals surface area contributed by atoms with E-state index in [1.165, 1.54) is 7.11 Å². The van der Waals surface area contributed by atoms with E-state index in [0.29, 0.717) is 17.3 Å². The number of carbonyl (C=O) groups excluding carboxylic acids is 1. The quantitative estimate of drug-likeness (QED) is 0.276. The fraction of sp³-hybridized carbons (Fsp3) is 0.179. The number of hydrogen-bond donors (Lipinski definition) is 1. The Labute approximate surface area is 215 Å². The second-order valence-corrected chi connectivity index (χ2v) is 8.62. The number of rotatable bonds is 7. The number of benzene rings is 2. The number of aromatic nitrogens is 2. The molecule has 1 saturated heterocycles. The number of carbonyl (C=O) groups is 1. The van der Waals surface area contributed by atoms with Gasteiger partial charge in [0.25, 0.3) is 0 Å². The lowest BCUT2D eigenvalue weighted by molar-refractivity contribution is 0.0600. The Balaban J connectivity index is 1.65. The van der Waals surface area contributed by atoms with Crippen LogP contribution in [0.25, 0.3) is 5.69 Å². The van der Waals surface area contributed by atoms with E-state index >= 15 is 0 Å². The molecule has 0 bridgehead atoms. The van der Waals surface area contributed by atoms with Crippen molar-refractivity contribution in [1.29, 1.82) is 0 Å². The van der Waals surface area contributed by atoms with Gasteiger partial charge in [-0.25, -0.2) is 4.79 Å². The number of hydrogen-bond acceptors (Lipinski definition) is 5. The Kier molecular flexibility index (Phi) is 6.69. The molecule has 3 heterocycles. The number of pyridine rings is 1. The van der Waals surface area contributed by atoms with Gasteiger partial charge in [0, 0.05) is 23.8 Å². The molecule has 2 atom stereocenters. The second kappa shape index (κ2) is 10.2. The lowest BCUT2D eigenvalue weighted by Crippen LogP contribution is -2.30. The van der Waals surface area contributed by atoms with Gasteiger partial charge in [-0.05, 0) is 79.8 Å². The lowest BCUT2D eigenvalue weighted by Gasteiger charge is -2.29. The predicted molar refractivity (Wildman–Crippen MR) is 143 cm³/mol. The minimum absolute atomic E-state index is 0.218. The van der Waals surface area contributed by atoms with Crippen LogP contribution in [0.1, 0.15) is 40.8 Å². The first-order valence-corrected chi connectivity index (χ1v) is 12.1. The standard InChI is InChI=1S/C28H26N4O3S/c1-3-35-20-15-13-19(14-16-20)32-26(25(30-28(32)36)22-10-6-7-17-29-22)24-12-8-18-31(24)23-11-5-4-9-21(23)27(33)34-2/h4-18,25-26H,3H2,1-2H3,(H,30,36)/t25-,26-/m0/s1. The van der Waals surface area contributed by atoms with Gasteiger partial charge in [-0.2, -0.15) is 0 Å². The maximum Gasteiger partial charge on any atom is 0.339 e. The monoisotopic (exact) mass is 498 g/mol. The number of anilines is 1. The molecule has 1 aliphatic rings. The fourth-order valence-corrected chi connectivity index (χ4v) is 4.97. The highest BCUT2D eigenvalue weighted by molar-refractivity contribution is 7.80. The summed E-state index contributed by atoms with van der Waals surface area (Å²) in [6, 6.07) is 24.7. The number of nitrogens with one attached hydrogen (secondary N) is 1. The van der Waals surface area contributed by atoms with Gasteiger partial charge in [0.05, 0.1) is 36.7 Å². The van der Waals surface area contributed by atoms with Crippen LogP contribution in [0.5, 0.6) is 5.75 Å². The van der Waals surface area contributed by atoms with Crippen molar-refractivity contribution in [2.75, 3.05) is 18.6 Å². The van der Waals surface area contributed by atoms with Crippen LogP contribution in [0.4, 0.5) is 5.69 Å². The number of para-hydroxylation sites is 1. The number of thiocarbonyl (C=S) groups is 1. The van der Waals surface area contributed by atoms with E-state index in [4.69, 9.17) is 21.7 Å². The van der Waals surface area contributed by atoms with E-state index in [9.17, 15) is 4.79 Å². The minimum atomic E-state index is -0.394. The van der Waals surface area contributed by atoms with Gasteiger partial charge in [-0.3, -0.25) is 4.98 Å². The summed E-state index contributed by atoms with van der Waals surface area (Å²) in [6.45, 7) is 2.56. The zero-order valence-corrected chi connectivity index (χ0v) is 20.8. The van der Waals surface area contributed by atoms with Gasteiger partial charge in [-0.1, -0.05) is 18.2 Å². The van der Waals surface area contributed by atoms with Crippen molar-refractivity contribution in [3.63, 3.8) is 0 Å². The number of methoxy groups -OCH3 is 1. The van der Waals surface area contributed by atoms with E-state index in [-0.39, 0.29) is 12.1 Å². The van der Waals surface area contributed by atoms with Gasteiger partial charge < -0.3 is 24.3 Å². The van der Waals surface area contributed by atoms with Crippen LogP contribution in [0.2, 0.25) is 0 Å². The highest BCUT2D eigenvalue weighted by Gasteiger charge is 2.42.